The quantitative estimate of drug-likeness (QED) is 0.0703. The molecule has 0 radical (unpaired) electrons. The van der Waals surface area contributed by atoms with Gasteiger partial charge in [-0.3, -0.25) is 14.4 Å². The van der Waals surface area contributed by atoms with E-state index in [1.165, 1.54) is 18.3 Å². The van der Waals surface area contributed by atoms with E-state index in [4.69, 9.17) is 9.47 Å². The summed E-state index contributed by atoms with van der Waals surface area (Å²) in [7, 11) is 0. The molecule has 43 heavy (non-hydrogen) atoms. The number of hydrazone groups is 1. The standard InChI is InChI=1S/C32H27BrN4O6/c1-3-42-25-15-13-24(14-16-25)35-29(38)26-6-4-5-7-27(26)36-30(39)31(40)37-34-19-22-18-23(33)12-17-28(22)43-32(41)21-10-8-20(2)9-11-21/h4-19H,3H2,1-2H3,(H,35,38)(H,36,39)(H,37,40). The zero-order valence-corrected chi connectivity index (χ0v) is 24.8. The van der Waals surface area contributed by atoms with Gasteiger partial charge in [-0.1, -0.05) is 45.8 Å². The van der Waals surface area contributed by atoms with Crippen molar-refractivity contribution in [2.45, 2.75) is 13.8 Å². The highest BCUT2D eigenvalue weighted by Crippen LogP contribution is 2.23. The Balaban J connectivity index is 1.39. The van der Waals surface area contributed by atoms with Crippen LogP contribution in [0.1, 0.15) is 38.8 Å². The van der Waals surface area contributed by atoms with Crippen molar-refractivity contribution < 1.29 is 28.7 Å². The number of hydrogen-bond acceptors (Lipinski definition) is 7. The summed E-state index contributed by atoms with van der Waals surface area (Å²) < 4.78 is 11.6. The van der Waals surface area contributed by atoms with Gasteiger partial charge >= 0.3 is 17.8 Å². The molecule has 0 aliphatic heterocycles. The molecule has 0 heterocycles. The first kappa shape index (κ1) is 30.7. The molecule has 4 rings (SSSR count). The number of benzene rings is 4. The molecule has 0 aliphatic rings. The van der Waals surface area contributed by atoms with Gasteiger partial charge in [0.25, 0.3) is 5.91 Å². The first-order chi connectivity index (χ1) is 20.7. The molecule has 0 unspecified atom stereocenters. The zero-order chi connectivity index (χ0) is 30.8. The van der Waals surface area contributed by atoms with E-state index in [9.17, 15) is 19.2 Å². The molecule has 4 aromatic rings. The number of hydrogen-bond donors (Lipinski definition) is 3. The Hall–Kier alpha value is -5.29. The van der Waals surface area contributed by atoms with Crippen LogP contribution in [0.15, 0.2) is 101 Å². The van der Waals surface area contributed by atoms with E-state index in [1.807, 2.05) is 13.8 Å². The Morgan fingerprint density at radius 2 is 1.58 bits per heavy atom. The highest BCUT2D eigenvalue weighted by atomic mass is 79.9. The minimum atomic E-state index is -1.08. The number of halogens is 1. The number of nitrogens with zero attached hydrogens (tertiary/aromatic N) is 1. The average molecular weight is 643 g/mol. The SMILES string of the molecule is CCOc1ccc(NC(=O)c2ccccc2NC(=O)C(=O)NN=Cc2cc(Br)ccc2OC(=O)c2ccc(C)cc2)cc1. The number of nitrogens with one attached hydrogen (secondary N) is 3. The van der Waals surface area contributed by atoms with E-state index in [2.05, 4.69) is 37.1 Å². The normalized spacial score (nSPS) is 10.6. The molecule has 4 aromatic carbocycles. The summed E-state index contributed by atoms with van der Waals surface area (Å²) in [6.45, 7) is 4.30. The molecule has 218 valence electrons. The third-order valence-corrected chi connectivity index (χ3v) is 6.37. The molecule has 0 aromatic heterocycles. The number of para-hydroxylation sites is 1. The molecule has 10 nitrogen and oxygen atoms in total. The van der Waals surface area contributed by atoms with E-state index in [-0.39, 0.29) is 17.0 Å². The largest absolute Gasteiger partial charge is 0.494 e. The number of carbonyl (C=O) groups is 4. The second-order valence-corrected chi connectivity index (χ2v) is 9.96. The summed E-state index contributed by atoms with van der Waals surface area (Å²) in [6, 6.07) is 24.9. The van der Waals surface area contributed by atoms with Gasteiger partial charge < -0.3 is 20.1 Å². The van der Waals surface area contributed by atoms with Crippen LogP contribution in [0.2, 0.25) is 0 Å². The van der Waals surface area contributed by atoms with Crippen molar-refractivity contribution >= 4 is 57.2 Å². The van der Waals surface area contributed by atoms with Crippen LogP contribution in [0.3, 0.4) is 0 Å². The molecule has 0 bridgehead atoms. The molecule has 0 saturated carbocycles. The molecule has 0 fully saturated rings. The van der Waals surface area contributed by atoms with Gasteiger partial charge in [-0.15, -0.1) is 0 Å². The van der Waals surface area contributed by atoms with E-state index >= 15 is 0 Å². The lowest BCUT2D eigenvalue weighted by Crippen LogP contribution is -2.33. The van der Waals surface area contributed by atoms with Gasteiger partial charge in [-0.25, -0.2) is 10.2 Å². The van der Waals surface area contributed by atoms with E-state index in [0.717, 1.165) is 5.56 Å². The predicted octanol–water partition coefficient (Wildman–Crippen LogP) is 5.72. The summed E-state index contributed by atoms with van der Waals surface area (Å²) >= 11 is 3.35. The topological polar surface area (TPSA) is 135 Å². The van der Waals surface area contributed by atoms with Crippen molar-refractivity contribution in [2.24, 2.45) is 5.10 Å². The average Bonchev–Trinajstić information content (AvgIpc) is 3.00. The maximum Gasteiger partial charge on any atom is 0.343 e. The van der Waals surface area contributed by atoms with Crippen molar-refractivity contribution in [3.63, 3.8) is 0 Å². The second kappa shape index (κ2) is 14.6. The van der Waals surface area contributed by atoms with E-state index in [1.54, 1.807) is 78.9 Å². The number of rotatable bonds is 9. The van der Waals surface area contributed by atoms with Gasteiger partial charge in [-0.05, 0) is 80.6 Å². The Morgan fingerprint density at radius 1 is 0.860 bits per heavy atom. The van der Waals surface area contributed by atoms with Crippen LogP contribution in [-0.2, 0) is 9.59 Å². The first-order valence-corrected chi connectivity index (χ1v) is 13.9. The number of aryl methyl sites for hydroxylation is 1. The van der Waals surface area contributed by atoms with E-state index < -0.39 is 23.7 Å². The van der Waals surface area contributed by atoms with Crippen LogP contribution < -0.4 is 25.5 Å². The highest BCUT2D eigenvalue weighted by molar-refractivity contribution is 9.10. The minimum Gasteiger partial charge on any atom is -0.494 e. The van der Waals surface area contributed by atoms with Gasteiger partial charge in [-0.2, -0.15) is 5.10 Å². The van der Waals surface area contributed by atoms with Crippen LogP contribution in [0.5, 0.6) is 11.5 Å². The van der Waals surface area contributed by atoms with Gasteiger partial charge in [0, 0.05) is 15.7 Å². The molecule has 0 atom stereocenters. The summed E-state index contributed by atoms with van der Waals surface area (Å²) in [5.41, 5.74) is 4.69. The van der Waals surface area contributed by atoms with Gasteiger partial charge in [0.1, 0.15) is 11.5 Å². The van der Waals surface area contributed by atoms with Gasteiger partial charge in [0.05, 0.1) is 29.6 Å². The van der Waals surface area contributed by atoms with Crippen molar-refractivity contribution in [3.8, 4) is 11.5 Å². The van der Waals surface area contributed by atoms with Crippen molar-refractivity contribution in [1.82, 2.24) is 5.43 Å². The van der Waals surface area contributed by atoms with Crippen LogP contribution in [0.25, 0.3) is 0 Å². The van der Waals surface area contributed by atoms with E-state index in [0.29, 0.717) is 33.6 Å². The molecule has 11 heteroatoms. The maximum atomic E-state index is 12.9. The fourth-order valence-corrected chi connectivity index (χ4v) is 4.12. The number of ether oxygens (including phenoxy) is 2. The molecule has 3 amide bonds. The van der Waals surface area contributed by atoms with Crippen LogP contribution in [-0.4, -0.2) is 36.5 Å². The first-order valence-electron chi connectivity index (χ1n) is 13.1. The Bertz CT molecular complexity index is 1670. The minimum absolute atomic E-state index is 0.132. The van der Waals surface area contributed by atoms with Crippen LogP contribution in [0, 0.1) is 6.92 Å². The highest BCUT2D eigenvalue weighted by Gasteiger charge is 2.18. The molecule has 0 spiro atoms. The lowest BCUT2D eigenvalue weighted by Gasteiger charge is -2.11. The summed E-state index contributed by atoms with van der Waals surface area (Å²) in [5.74, 6) is -2.30. The molecule has 3 N–H and O–H groups in total. The lowest BCUT2D eigenvalue weighted by atomic mass is 10.1. The third kappa shape index (κ3) is 8.60. The number of esters is 1. The fourth-order valence-electron chi connectivity index (χ4n) is 3.74. The smallest absolute Gasteiger partial charge is 0.343 e. The van der Waals surface area contributed by atoms with Crippen LogP contribution >= 0.6 is 15.9 Å². The summed E-state index contributed by atoms with van der Waals surface area (Å²) in [4.78, 5) is 50.6. The number of anilines is 2. The third-order valence-electron chi connectivity index (χ3n) is 5.88. The fraction of sp³-hybridized carbons (Fsp3) is 0.0938. The summed E-state index contributed by atoms with van der Waals surface area (Å²) in [5, 5.41) is 9.03. The molecular formula is C32H27BrN4O6. The number of amides is 3. The van der Waals surface area contributed by atoms with Crippen molar-refractivity contribution in [2.75, 3.05) is 17.2 Å². The predicted molar refractivity (Wildman–Crippen MR) is 167 cm³/mol. The lowest BCUT2D eigenvalue weighted by molar-refractivity contribution is -0.136. The maximum absolute atomic E-state index is 12.9. The van der Waals surface area contributed by atoms with Crippen molar-refractivity contribution in [1.29, 1.82) is 0 Å². The monoisotopic (exact) mass is 642 g/mol. The molecular weight excluding hydrogens is 616 g/mol. The Morgan fingerprint density at radius 3 is 2.30 bits per heavy atom. The van der Waals surface area contributed by atoms with Gasteiger partial charge in [0.15, 0.2) is 0 Å². The molecule has 0 saturated heterocycles. The van der Waals surface area contributed by atoms with Gasteiger partial charge in [0.2, 0.25) is 0 Å². The van der Waals surface area contributed by atoms with Crippen molar-refractivity contribution in [3.05, 3.63) is 118 Å². The second-order valence-electron chi connectivity index (χ2n) is 9.05. The zero-order valence-electron chi connectivity index (χ0n) is 23.2. The van der Waals surface area contributed by atoms with Crippen LogP contribution in [0.4, 0.5) is 11.4 Å². The Labute approximate surface area is 256 Å². The summed E-state index contributed by atoms with van der Waals surface area (Å²) in [6.07, 6.45) is 1.24. The number of carbonyl (C=O) groups excluding carboxylic acids is 4. The Kier molecular flexibility index (Phi) is 10.4. The molecule has 0 aliphatic carbocycles.